The highest BCUT2D eigenvalue weighted by atomic mass is 32.2. The monoisotopic (exact) mass is 377 g/mol. The molecule has 0 spiro atoms. The second-order valence-electron chi connectivity index (χ2n) is 5.46. The van der Waals surface area contributed by atoms with Gasteiger partial charge in [0.1, 0.15) is 5.75 Å². The second-order valence-corrected chi connectivity index (χ2v) is 6.94. The van der Waals surface area contributed by atoms with Crippen LogP contribution in [0.2, 0.25) is 0 Å². The van der Waals surface area contributed by atoms with Gasteiger partial charge >= 0.3 is 0 Å². The highest BCUT2D eigenvalue weighted by Gasteiger charge is 2.18. The van der Waals surface area contributed by atoms with Crippen molar-refractivity contribution in [3.8, 4) is 11.5 Å². The Hall–Kier alpha value is -2.94. The molecule has 0 radical (unpaired) electrons. The Morgan fingerprint density at radius 2 is 1.73 bits per heavy atom. The lowest BCUT2D eigenvalue weighted by molar-refractivity contribution is -0.384. The third kappa shape index (κ3) is 5.28. The van der Waals surface area contributed by atoms with Crippen molar-refractivity contribution in [2.75, 3.05) is 30.9 Å². The summed E-state index contributed by atoms with van der Waals surface area (Å²) >= 11 is 0. The van der Waals surface area contributed by atoms with E-state index in [0.717, 1.165) is 0 Å². The number of ether oxygens (including phenoxy) is 1. The van der Waals surface area contributed by atoms with Gasteiger partial charge in [0.15, 0.2) is 5.75 Å². The zero-order chi connectivity index (χ0) is 19.1. The number of non-ortho nitro benzene ring substituents is 1. The topological polar surface area (TPSA) is 111 Å². The van der Waals surface area contributed by atoms with E-state index in [4.69, 9.17) is 4.74 Å². The van der Waals surface area contributed by atoms with Crippen LogP contribution in [0.15, 0.2) is 42.5 Å². The largest absolute Gasteiger partial charge is 0.454 e. The minimum absolute atomic E-state index is 0.0699. The average Bonchev–Trinajstić information content (AvgIpc) is 2.59. The number of para-hydroxylation sites is 1. The smallest absolute Gasteiger partial charge is 0.273 e. The number of fused-ring (bicyclic) bond motifs is 2. The molecule has 3 rings (SSSR count). The molecule has 9 heteroatoms. The fourth-order valence-corrected chi connectivity index (χ4v) is 2.19. The first-order valence-electron chi connectivity index (χ1n) is 7.71. The van der Waals surface area contributed by atoms with Crippen LogP contribution in [0.25, 0.3) is 0 Å². The summed E-state index contributed by atoms with van der Waals surface area (Å²) in [6.07, 6.45) is 3.28. The number of amides is 1. The number of nitrogens with zero attached hydrogens (tertiary/aromatic N) is 1. The molecule has 0 aromatic heterocycles. The number of benzene rings is 2. The van der Waals surface area contributed by atoms with Gasteiger partial charge in [0.25, 0.3) is 11.6 Å². The van der Waals surface area contributed by atoms with Crippen LogP contribution in [0.1, 0.15) is 10.4 Å². The number of nitro benzene ring substituents is 1. The minimum Gasteiger partial charge on any atom is -0.454 e. The molecule has 0 aliphatic carbocycles. The van der Waals surface area contributed by atoms with Gasteiger partial charge in [-0.05, 0) is 18.2 Å². The first-order valence-corrected chi connectivity index (χ1v) is 9.67. The number of hydrogen-bond donors (Lipinski definition) is 2. The quantitative estimate of drug-likeness (QED) is 0.584. The molecule has 0 saturated heterocycles. The molecule has 2 N–H and O–H groups in total. The molecule has 2 aromatic carbocycles. The van der Waals surface area contributed by atoms with Gasteiger partial charge in [-0.15, -0.1) is 0 Å². The molecule has 138 valence electrons. The third-order valence-electron chi connectivity index (χ3n) is 3.25. The summed E-state index contributed by atoms with van der Waals surface area (Å²) in [5, 5.41) is 16.8. The number of nitrogens with one attached hydrogen (secondary N) is 2. The Balaban J connectivity index is 0.000000552. The van der Waals surface area contributed by atoms with Crippen LogP contribution >= 0.6 is 0 Å². The standard InChI is InChI=1S/C15H13N3O4.C2H6OS/c19-15-11-3-1-2-4-13(11)22-14-9-10(18(20)21)5-6-12(14)16-7-8-17-15;1-4(2)3/h1-6,9,16H,7-8H2,(H,17,19);1-2H3. The summed E-state index contributed by atoms with van der Waals surface area (Å²) in [4.78, 5) is 22.5. The fourth-order valence-electron chi connectivity index (χ4n) is 2.19. The molecule has 0 unspecified atom stereocenters. The van der Waals surface area contributed by atoms with E-state index in [-0.39, 0.29) is 11.6 Å². The molecule has 2 aromatic rings. The minimum atomic E-state index is -0.611. The lowest BCUT2D eigenvalue weighted by Crippen LogP contribution is -2.29. The molecule has 0 bridgehead atoms. The Kier molecular flexibility index (Phi) is 6.67. The van der Waals surface area contributed by atoms with Crippen LogP contribution in [0.3, 0.4) is 0 Å². The van der Waals surface area contributed by atoms with E-state index in [1.54, 1.807) is 42.8 Å². The summed E-state index contributed by atoms with van der Waals surface area (Å²) in [5.41, 5.74) is 0.956. The van der Waals surface area contributed by atoms with Crippen LogP contribution in [0.4, 0.5) is 11.4 Å². The van der Waals surface area contributed by atoms with Crippen LogP contribution in [0.5, 0.6) is 11.5 Å². The highest BCUT2D eigenvalue weighted by Crippen LogP contribution is 2.34. The lowest BCUT2D eigenvalue weighted by Gasteiger charge is -2.17. The van der Waals surface area contributed by atoms with Crippen molar-refractivity contribution >= 4 is 28.1 Å². The molecule has 1 aliphatic rings. The van der Waals surface area contributed by atoms with E-state index >= 15 is 0 Å². The van der Waals surface area contributed by atoms with Gasteiger partial charge in [0, 0.05) is 42.5 Å². The summed E-state index contributed by atoms with van der Waals surface area (Å²) < 4.78 is 15.3. The first-order chi connectivity index (χ1) is 12.4. The highest BCUT2D eigenvalue weighted by molar-refractivity contribution is 7.83. The van der Waals surface area contributed by atoms with Crippen molar-refractivity contribution in [3.05, 3.63) is 58.1 Å². The van der Waals surface area contributed by atoms with Crippen molar-refractivity contribution < 1.29 is 18.7 Å². The molecule has 1 aliphatic heterocycles. The maximum absolute atomic E-state index is 12.1. The van der Waals surface area contributed by atoms with Gasteiger partial charge in [-0.25, -0.2) is 0 Å². The predicted molar refractivity (Wildman–Crippen MR) is 100 cm³/mol. The molecule has 0 atom stereocenters. The lowest BCUT2D eigenvalue weighted by atomic mass is 10.1. The Labute approximate surface area is 153 Å². The van der Waals surface area contributed by atoms with Crippen LogP contribution in [-0.2, 0) is 10.8 Å². The van der Waals surface area contributed by atoms with E-state index in [2.05, 4.69) is 10.6 Å². The zero-order valence-corrected chi connectivity index (χ0v) is 15.2. The van der Waals surface area contributed by atoms with Crippen molar-refractivity contribution in [1.29, 1.82) is 0 Å². The number of hydrogen-bond acceptors (Lipinski definition) is 6. The maximum atomic E-state index is 12.1. The van der Waals surface area contributed by atoms with Gasteiger partial charge in [0.05, 0.1) is 22.2 Å². The molecule has 8 nitrogen and oxygen atoms in total. The van der Waals surface area contributed by atoms with E-state index < -0.39 is 15.7 Å². The first kappa shape index (κ1) is 19.4. The van der Waals surface area contributed by atoms with Gasteiger partial charge in [-0.3, -0.25) is 19.1 Å². The van der Waals surface area contributed by atoms with Crippen LogP contribution in [0, 0.1) is 10.1 Å². The van der Waals surface area contributed by atoms with Gasteiger partial charge in [-0.2, -0.15) is 0 Å². The molecular weight excluding hydrogens is 358 g/mol. The molecule has 26 heavy (non-hydrogen) atoms. The van der Waals surface area contributed by atoms with E-state index in [1.165, 1.54) is 12.1 Å². The van der Waals surface area contributed by atoms with Crippen molar-refractivity contribution in [1.82, 2.24) is 5.32 Å². The zero-order valence-electron chi connectivity index (χ0n) is 14.4. The molecule has 1 amide bonds. The summed E-state index contributed by atoms with van der Waals surface area (Å²) in [6.45, 7) is 0.922. The molecular formula is C17H19N3O5S. The normalized spacial score (nSPS) is 13.0. The number of rotatable bonds is 1. The Bertz CT molecular complexity index is 837. The molecule has 0 fully saturated rings. The summed E-state index contributed by atoms with van der Waals surface area (Å²) in [5.74, 6) is 0.424. The average molecular weight is 377 g/mol. The molecule has 1 heterocycles. The van der Waals surface area contributed by atoms with E-state index in [0.29, 0.717) is 35.8 Å². The van der Waals surface area contributed by atoms with Gasteiger partial charge in [-0.1, -0.05) is 12.1 Å². The molecule has 0 saturated carbocycles. The van der Waals surface area contributed by atoms with Gasteiger partial charge < -0.3 is 15.4 Å². The number of carbonyl (C=O) groups is 1. The van der Waals surface area contributed by atoms with Crippen molar-refractivity contribution in [3.63, 3.8) is 0 Å². The van der Waals surface area contributed by atoms with E-state index in [9.17, 15) is 19.1 Å². The second kappa shape index (κ2) is 8.95. The predicted octanol–water partition coefficient (Wildman–Crippen LogP) is 2.54. The fraction of sp³-hybridized carbons (Fsp3) is 0.235. The number of carbonyl (C=O) groups excluding carboxylic acids is 1. The number of anilines is 1. The third-order valence-corrected chi connectivity index (χ3v) is 3.25. The summed E-state index contributed by atoms with van der Waals surface area (Å²) in [6, 6.07) is 11.1. The SMILES string of the molecule is CS(C)=O.O=C1NCCNc2ccc([N+](=O)[O-])cc2Oc2ccccc21. The van der Waals surface area contributed by atoms with Crippen LogP contribution in [-0.4, -0.2) is 40.6 Å². The Morgan fingerprint density at radius 3 is 2.42 bits per heavy atom. The summed E-state index contributed by atoms with van der Waals surface area (Å²) in [7, 11) is -0.611. The number of nitro groups is 1. The van der Waals surface area contributed by atoms with Crippen LogP contribution < -0.4 is 15.4 Å². The van der Waals surface area contributed by atoms with Crippen molar-refractivity contribution in [2.45, 2.75) is 0 Å². The van der Waals surface area contributed by atoms with E-state index in [1.807, 2.05) is 0 Å². The maximum Gasteiger partial charge on any atom is 0.273 e. The van der Waals surface area contributed by atoms with Gasteiger partial charge in [0.2, 0.25) is 0 Å². The van der Waals surface area contributed by atoms with Crippen molar-refractivity contribution in [2.24, 2.45) is 0 Å². The Morgan fingerprint density at radius 1 is 1.08 bits per heavy atom.